The minimum atomic E-state index is -4.76. The van der Waals surface area contributed by atoms with Crippen molar-refractivity contribution in [2.45, 2.75) is 25.3 Å². The van der Waals surface area contributed by atoms with Crippen LogP contribution in [0.25, 0.3) is 10.9 Å². The lowest BCUT2D eigenvalue weighted by Crippen LogP contribution is -2.42. The van der Waals surface area contributed by atoms with Gasteiger partial charge in [-0.05, 0) is 48.5 Å². The Balaban J connectivity index is 1.43. The number of aromatic nitrogens is 1. The number of halogens is 4. The second kappa shape index (κ2) is 8.34. The number of piperidine rings is 1. The molecular weight excluding hydrogens is 433 g/mol. The Morgan fingerprint density at radius 1 is 1.03 bits per heavy atom. The fourth-order valence-electron chi connectivity index (χ4n) is 3.77. The predicted octanol–water partition coefficient (Wildman–Crippen LogP) is 5.41. The SMILES string of the molecule is Cn1c(C(=O)N2CCC(Oc3ccc(Cl)cc3)CC2)cc2cc(OC(F)(F)F)ccc21. The van der Waals surface area contributed by atoms with Crippen molar-refractivity contribution in [2.75, 3.05) is 13.1 Å². The van der Waals surface area contributed by atoms with Crippen LogP contribution < -0.4 is 9.47 Å². The molecule has 1 aliphatic heterocycles. The Bertz CT molecular complexity index is 1090. The third kappa shape index (κ3) is 4.90. The van der Waals surface area contributed by atoms with Gasteiger partial charge in [-0.25, -0.2) is 0 Å². The first kappa shape index (κ1) is 21.4. The van der Waals surface area contributed by atoms with Gasteiger partial charge >= 0.3 is 6.36 Å². The first-order valence-corrected chi connectivity index (χ1v) is 10.1. The van der Waals surface area contributed by atoms with Gasteiger partial charge in [0, 0.05) is 48.9 Å². The summed E-state index contributed by atoms with van der Waals surface area (Å²) in [6.07, 6.45) is -3.40. The number of alkyl halides is 3. The summed E-state index contributed by atoms with van der Waals surface area (Å²) in [6, 6.07) is 12.8. The zero-order valence-corrected chi connectivity index (χ0v) is 17.4. The molecule has 0 saturated carbocycles. The highest BCUT2D eigenvalue weighted by Crippen LogP contribution is 2.29. The Morgan fingerprint density at radius 3 is 2.32 bits per heavy atom. The second-order valence-corrected chi connectivity index (χ2v) is 7.86. The van der Waals surface area contributed by atoms with E-state index in [0.29, 0.717) is 47.6 Å². The fourth-order valence-corrected chi connectivity index (χ4v) is 3.90. The van der Waals surface area contributed by atoms with Crippen LogP contribution in [-0.2, 0) is 7.05 Å². The van der Waals surface area contributed by atoms with Crippen LogP contribution in [-0.4, -0.2) is 40.9 Å². The fraction of sp³-hybridized carbons (Fsp3) is 0.318. The van der Waals surface area contributed by atoms with E-state index in [1.165, 1.54) is 18.2 Å². The smallest absolute Gasteiger partial charge is 0.490 e. The third-order valence-corrected chi connectivity index (χ3v) is 5.56. The number of likely N-dealkylation sites (tertiary alicyclic amines) is 1. The molecule has 1 aromatic heterocycles. The van der Waals surface area contributed by atoms with Gasteiger partial charge in [-0.3, -0.25) is 4.79 Å². The van der Waals surface area contributed by atoms with Gasteiger partial charge in [0.1, 0.15) is 23.3 Å². The average Bonchev–Trinajstić information content (AvgIpc) is 3.04. The van der Waals surface area contributed by atoms with Gasteiger partial charge in [0.25, 0.3) is 5.91 Å². The predicted molar refractivity (Wildman–Crippen MR) is 111 cm³/mol. The molecule has 164 valence electrons. The van der Waals surface area contributed by atoms with E-state index in [4.69, 9.17) is 16.3 Å². The van der Waals surface area contributed by atoms with Crippen LogP contribution >= 0.6 is 11.6 Å². The van der Waals surface area contributed by atoms with E-state index in [9.17, 15) is 18.0 Å². The molecule has 9 heteroatoms. The summed E-state index contributed by atoms with van der Waals surface area (Å²) in [7, 11) is 1.72. The summed E-state index contributed by atoms with van der Waals surface area (Å²) in [6.45, 7) is 1.06. The molecule has 0 spiro atoms. The first-order chi connectivity index (χ1) is 14.7. The molecule has 0 radical (unpaired) electrons. The van der Waals surface area contributed by atoms with Crippen LogP contribution in [0.5, 0.6) is 11.5 Å². The third-order valence-electron chi connectivity index (χ3n) is 5.31. The zero-order valence-electron chi connectivity index (χ0n) is 16.7. The van der Waals surface area contributed by atoms with Crippen LogP contribution in [0.2, 0.25) is 5.02 Å². The number of hydrogen-bond acceptors (Lipinski definition) is 3. The number of carbonyl (C=O) groups is 1. The highest BCUT2D eigenvalue weighted by Gasteiger charge is 2.31. The lowest BCUT2D eigenvalue weighted by molar-refractivity contribution is -0.274. The molecule has 0 aliphatic carbocycles. The summed E-state index contributed by atoms with van der Waals surface area (Å²) >= 11 is 5.89. The van der Waals surface area contributed by atoms with Crippen LogP contribution in [0.15, 0.2) is 48.5 Å². The normalized spacial score (nSPS) is 15.3. The van der Waals surface area contributed by atoms with E-state index in [0.717, 1.165) is 5.75 Å². The topological polar surface area (TPSA) is 43.7 Å². The summed E-state index contributed by atoms with van der Waals surface area (Å²) in [5.74, 6) is 0.256. The molecule has 1 saturated heterocycles. The molecule has 5 nitrogen and oxygen atoms in total. The van der Waals surface area contributed by atoms with E-state index in [2.05, 4.69) is 4.74 Å². The number of hydrogen-bond donors (Lipinski definition) is 0. The van der Waals surface area contributed by atoms with Crippen molar-refractivity contribution in [3.05, 3.63) is 59.2 Å². The Labute approximate surface area is 181 Å². The summed E-state index contributed by atoms with van der Waals surface area (Å²) in [5, 5.41) is 1.15. The minimum absolute atomic E-state index is 0.000199. The quantitative estimate of drug-likeness (QED) is 0.531. The lowest BCUT2D eigenvalue weighted by atomic mass is 10.1. The van der Waals surface area contributed by atoms with Crippen molar-refractivity contribution in [3.8, 4) is 11.5 Å². The number of ether oxygens (including phenoxy) is 2. The number of nitrogens with zero attached hydrogens (tertiary/aromatic N) is 2. The molecule has 2 aromatic carbocycles. The number of fused-ring (bicyclic) bond motifs is 1. The molecule has 31 heavy (non-hydrogen) atoms. The molecular formula is C22H20ClF3N2O3. The van der Waals surface area contributed by atoms with Crippen molar-refractivity contribution in [1.82, 2.24) is 9.47 Å². The maximum atomic E-state index is 13.0. The molecule has 2 heterocycles. The molecule has 0 unspecified atom stereocenters. The molecule has 0 atom stereocenters. The van der Waals surface area contributed by atoms with E-state index < -0.39 is 6.36 Å². The van der Waals surface area contributed by atoms with Crippen molar-refractivity contribution in [3.63, 3.8) is 0 Å². The summed E-state index contributed by atoms with van der Waals surface area (Å²) in [5.41, 5.74) is 1.06. The molecule has 1 amide bonds. The van der Waals surface area contributed by atoms with Gasteiger partial charge in [-0.1, -0.05) is 11.6 Å². The van der Waals surface area contributed by atoms with E-state index in [1.807, 2.05) is 12.1 Å². The van der Waals surface area contributed by atoms with Crippen LogP contribution in [0.1, 0.15) is 23.3 Å². The molecule has 0 bridgehead atoms. The van der Waals surface area contributed by atoms with Gasteiger partial charge in [-0.15, -0.1) is 13.2 Å². The van der Waals surface area contributed by atoms with Crippen LogP contribution in [0, 0.1) is 0 Å². The largest absolute Gasteiger partial charge is 0.573 e. The minimum Gasteiger partial charge on any atom is -0.490 e. The maximum Gasteiger partial charge on any atom is 0.573 e. The number of benzene rings is 2. The number of amides is 1. The molecule has 0 N–H and O–H groups in total. The number of rotatable bonds is 4. The Morgan fingerprint density at radius 2 is 1.68 bits per heavy atom. The number of aryl methyl sites for hydroxylation is 1. The Kier molecular flexibility index (Phi) is 5.75. The van der Waals surface area contributed by atoms with Crippen molar-refractivity contribution in [1.29, 1.82) is 0 Å². The zero-order chi connectivity index (χ0) is 22.2. The van der Waals surface area contributed by atoms with Crippen molar-refractivity contribution in [2.24, 2.45) is 7.05 Å². The maximum absolute atomic E-state index is 13.0. The highest BCUT2D eigenvalue weighted by molar-refractivity contribution is 6.30. The number of carbonyl (C=O) groups excluding carboxylic acids is 1. The van der Waals surface area contributed by atoms with Gasteiger partial charge < -0.3 is 18.9 Å². The van der Waals surface area contributed by atoms with Crippen molar-refractivity contribution >= 4 is 28.4 Å². The van der Waals surface area contributed by atoms with E-state index >= 15 is 0 Å². The highest BCUT2D eigenvalue weighted by atomic mass is 35.5. The monoisotopic (exact) mass is 452 g/mol. The van der Waals surface area contributed by atoms with Gasteiger partial charge in [0.05, 0.1) is 0 Å². The molecule has 4 rings (SSSR count). The summed E-state index contributed by atoms with van der Waals surface area (Å²) < 4.78 is 49.1. The Hall–Kier alpha value is -2.87. The average molecular weight is 453 g/mol. The molecule has 1 fully saturated rings. The molecule has 3 aromatic rings. The van der Waals surface area contributed by atoms with Gasteiger partial charge in [-0.2, -0.15) is 0 Å². The lowest BCUT2D eigenvalue weighted by Gasteiger charge is -2.32. The van der Waals surface area contributed by atoms with E-state index in [1.54, 1.807) is 34.7 Å². The van der Waals surface area contributed by atoms with Crippen LogP contribution in [0.4, 0.5) is 13.2 Å². The molecule has 1 aliphatic rings. The van der Waals surface area contributed by atoms with Gasteiger partial charge in [0.15, 0.2) is 0 Å². The standard InChI is InChI=1S/C22H20ClF3N2O3/c1-27-19-7-6-18(31-22(24,25)26)12-14(19)13-20(27)21(29)28-10-8-17(9-11-28)30-16-4-2-15(23)3-5-16/h2-7,12-13,17H,8-11H2,1H3. The van der Waals surface area contributed by atoms with Crippen LogP contribution in [0.3, 0.4) is 0 Å². The van der Waals surface area contributed by atoms with Crippen molar-refractivity contribution < 1.29 is 27.4 Å². The first-order valence-electron chi connectivity index (χ1n) is 9.76. The second-order valence-electron chi connectivity index (χ2n) is 7.42. The van der Waals surface area contributed by atoms with Gasteiger partial charge in [0.2, 0.25) is 0 Å². The van der Waals surface area contributed by atoms with E-state index in [-0.39, 0.29) is 17.8 Å². The summed E-state index contributed by atoms with van der Waals surface area (Å²) in [4.78, 5) is 14.8.